The zero-order valence-corrected chi connectivity index (χ0v) is 19.6. The lowest BCUT2D eigenvalue weighted by atomic mass is 10.2. The molecule has 2 aliphatic rings. The predicted octanol–water partition coefficient (Wildman–Crippen LogP) is 3.85. The highest BCUT2D eigenvalue weighted by atomic mass is 35.5. The number of halogens is 2. The molecule has 10 heteroatoms. The second kappa shape index (κ2) is 9.67. The van der Waals surface area contributed by atoms with Gasteiger partial charge >= 0.3 is 6.01 Å². The van der Waals surface area contributed by atoms with Crippen molar-refractivity contribution in [1.29, 1.82) is 0 Å². The lowest BCUT2D eigenvalue weighted by Crippen LogP contribution is -2.46. The van der Waals surface area contributed by atoms with E-state index in [9.17, 15) is 19.1 Å². The number of carbonyl (C=O) groups is 2. The van der Waals surface area contributed by atoms with E-state index >= 15 is 0 Å². The number of nitrogens with zero attached hydrogens (tertiary/aromatic N) is 4. The number of rotatable bonds is 7. The van der Waals surface area contributed by atoms with Gasteiger partial charge in [0.2, 0.25) is 0 Å². The molecular formula is C25H24ClFN4O4. The van der Waals surface area contributed by atoms with Gasteiger partial charge in [0.15, 0.2) is 11.5 Å². The van der Waals surface area contributed by atoms with Crippen LogP contribution in [0.5, 0.6) is 11.8 Å². The summed E-state index contributed by atoms with van der Waals surface area (Å²) in [4.78, 5) is 34.8. The van der Waals surface area contributed by atoms with Crippen LogP contribution in [-0.4, -0.2) is 57.1 Å². The highest BCUT2D eigenvalue weighted by Gasteiger charge is 2.45. The molecule has 8 nitrogen and oxygen atoms in total. The van der Waals surface area contributed by atoms with Gasteiger partial charge in [-0.3, -0.25) is 19.1 Å². The SMILES string of the molecule is O=C1c2c(nc(Oc3cccc(Cl)c3)n2Cc2ccc(F)cc2)N2CCCC2C(=O)N1CCCO. The molecule has 1 aromatic heterocycles. The summed E-state index contributed by atoms with van der Waals surface area (Å²) in [6.45, 7) is 0.708. The third-order valence-electron chi connectivity index (χ3n) is 6.24. The average molecular weight is 499 g/mol. The number of anilines is 1. The van der Waals surface area contributed by atoms with Crippen molar-refractivity contribution in [2.24, 2.45) is 0 Å². The monoisotopic (exact) mass is 498 g/mol. The third-order valence-corrected chi connectivity index (χ3v) is 6.47. The number of hydrogen-bond acceptors (Lipinski definition) is 6. The van der Waals surface area contributed by atoms with Crippen LogP contribution in [0.1, 0.15) is 35.3 Å². The molecule has 3 heterocycles. The second-order valence-electron chi connectivity index (χ2n) is 8.56. The first kappa shape index (κ1) is 23.3. The largest absolute Gasteiger partial charge is 0.425 e. The van der Waals surface area contributed by atoms with Gasteiger partial charge in [-0.15, -0.1) is 0 Å². The van der Waals surface area contributed by atoms with E-state index in [4.69, 9.17) is 21.3 Å². The topological polar surface area (TPSA) is 87.9 Å². The van der Waals surface area contributed by atoms with Crippen LogP contribution >= 0.6 is 11.6 Å². The molecule has 0 aliphatic carbocycles. The molecule has 2 aromatic carbocycles. The maximum atomic E-state index is 13.8. The normalized spacial score (nSPS) is 17.4. The molecule has 3 aromatic rings. The second-order valence-corrected chi connectivity index (χ2v) is 9.00. The molecule has 0 saturated carbocycles. The maximum Gasteiger partial charge on any atom is 0.304 e. The predicted molar refractivity (Wildman–Crippen MR) is 127 cm³/mol. The van der Waals surface area contributed by atoms with Gasteiger partial charge < -0.3 is 14.7 Å². The van der Waals surface area contributed by atoms with Gasteiger partial charge in [-0.1, -0.05) is 29.8 Å². The Kier molecular flexibility index (Phi) is 6.44. The molecule has 1 N–H and O–H groups in total. The summed E-state index contributed by atoms with van der Waals surface area (Å²) >= 11 is 6.13. The van der Waals surface area contributed by atoms with Crippen LogP contribution in [0.25, 0.3) is 0 Å². The minimum atomic E-state index is -0.507. The van der Waals surface area contributed by atoms with Gasteiger partial charge in [0.25, 0.3) is 11.8 Å². The molecule has 1 saturated heterocycles. The lowest BCUT2D eigenvalue weighted by Gasteiger charge is -2.24. The number of aromatic nitrogens is 2. The van der Waals surface area contributed by atoms with E-state index in [1.807, 2.05) is 4.90 Å². The van der Waals surface area contributed by atoms with Crippen molar-refractivity contribution in [2.75, 3.05) is 24.6 Å². The van der Waals surface area contributed by atoms with Gasteiger partial charge in [-0.25, -0.2) is 4.39 Å². The van der Waals surface area contributed by atoms with Crippen LogP contribution in [0.4, 0.5) is 10.2 Å². The zero-order valence-electron chi connectivity index (χ0n) is 18.9. The minimum absolute atomic E-state index is 0.101. The quantitative estimate of drug-likeness (QED) is 0.498. The van der Waals surface area contributed by atoms with E-state index in [1.54, 1.807) is 41.0 Å². The Morgan fingerprint density at radius 3 is 2.71 bits per heavy atom. The van der Waals surface area contributed by atoms with Gasteiger partial charge in [-0.05, 0) is 55.2 Å². The summed E-state index contributed by atoms with van der Waals surface area (Å²) in [5.41, 5.74) is 0.952. The molecule has 0 radical (unpaired) electrons. The third kappa shape index (κ3) is 4.49. The highest BCUT2D eigenvalue weighted by Crippen LogP contribution is 2.38. The molecule has 1 unspecified atom stereocenters. The van der Waals surface area contributed by atoms with Crippen molar-refractivity contribution < 1.29 is 23.8 Å². The van der Waals surface area contributed by atoms with Crippen molar-refractivity contribution in [2.45, 2.75) is 31.8 Å². The van der Waals surface area contributed by atoms with Crippen LogP contribution in [-0.2, 0) is 11.3 Å². The molecule has 0 spiro atoms. The zero-order chi connectivity index (χ0) is 24.5. The van der Waals surface area contributed by atoms with Crippen LogP contribution in [0.15, 0.2) is 48.5 Å². The van der Waals surface area contributed by atoms with E-state index in [-0.39, 0.29) is 49.5 Å². The summed E-state index contributed by atoms with van der Waals surface area (Å²) in [6, 6.07) is 12.4. The van der Waals surface area contributed by atoms with Crippen LogP contribution < -0.4 is 9.64 Å². The van der Waals surface area contributed by atoms with Gasteiger partial charge in [0.1, 0.15) is 17.6 Å². The van der Waals surface area contributed by atoms with Gasteiger partial charge in [0, 0.05) is 24.7 Å². The number of ether oxygens (including phenoxy) is 1. The Morgan fingerprint density at radius 2 is 1.97 bits per heavy atom. The Morgan fingerprint density at radius 1 is 1.17 bits per heavy atom. The van der Waals surface area contributed by atoms with Crippen molar-refractivity contribution in [3.63, 3.8) is 0 Å². The Hall–Kier alpha value is -3.43. The van der Waals surface area contributed by atoms with Crippen molar-refractivity contribution in [3.05, 3.63) is 70.6 Å². The number of carbonyl (C=O) groups excluding carboxylic acids is 2. The van der Waals surface area contributed by atoms with Crippen molar-refractivity contribution in [3.8, 4) is 11.8 Å². The minimum Gasteiger partial charge on any atom is -0.425 e. The summed E-state index contributed by atoms with van der Waals surface area (Å²) in [5.74, 6) is -0.327. The maximum absolute atomic E-state index is 13.8. The van der Waals surface area contributed by atoms with E-state index in [0.29, 0.717) is 29.6 Å². The van der Waals surface area contributed by atoms with Gasteiger partial charge in [-0.2, -0.15) is 4.98 Å². The highest BCUT2D eigenvalue weighted by molar-refractivity contribution is 6.30. The molecule has 35 heavy (non-hydrogen) atoms. The number of imide groups is 1. The number of fused-ring (bicyclic) bond motifs is 3. The first-order valence-electron chi connectivity index (χ1n) is 11.5. The smallest absolute Gasteiger partial charge is 0.304 e. The fraction of sp³-hybridized carbons (Fsp3) is 0.320. The van der Waals surface area contributed by atoms with Gasteiger partial charge in [0.05, 0.1) is 6.54 Å². The molecule has 0 bridgehead atoms. The first-order chi connectivity index (χ1) is 17.0. The molecule has 2 amide bonds. The summed E-state index contributed by atoms with van der Waals surface area (Å²) < 4.78 is 21.2. The Bertz CT molecular complexity index is 1260. The molecular weight excluding hydrogens is 475 g/mol. The fourth-order valence-electron chi connectivity index (χ4n) is 4.59. The van der Waals surface area contributed by atoms with Crippen molar-refractivity contribution >= 4 is 29.2 Å². The average Bonchev–Trinajstić information content (AvgIpc) is 3.44. The summed E-state index contributed by atoms with van der Waals surface area (Å²) in [6.07, 6.45) is 1.67. The number of benzene rings is 2. The number of amides is 2. The standard InChI is InChI=1S/C25H24ClFN4O4/c26-17-4-1-5-19(14-17)35-25-28-22-21(31(25)15-16-7-9-18(27)10-8-16)24(34)30(12-3-13-32)23(33)20-6-2-11-29(20)22/h1,4-5,7-10,14,20,32H,2-3,6,11-13,15H2. The number of aliphatic hydroxyl groups excluding tert-OH is 1. The van der Waals surface area contributed by atoms with E-state index in [0.717, 1.165) is 12.0 Å². The van der Waals surface area contributed by atoms with E-state index < -0.39 is 11.9 Å². The first-order valence-corrected chi connectivity index (χ1v) is 11.9. The number of imidazole rings is 1. The lowest BCUT2D eigenvalue weighted by molar-refractivity contribution is -0.129. The van der Waals surface area contributed by atoms with Crippen LogP contribution in [0.2, 0.25) is 5.02 Å². The molecule has 1 fully saturated rings. The van der Waals surface area contributed by atoms with E-state index in [1.165, 1.54) is 17.0 Å². The fourth-order valence-corrected chi connectivity index (χ4v) is 4.77. The number of hydrogen-bond donors (Lipinski definition) is 1. The molecule has 182 valence electrons. The summed E-state index contributed by atoms with van der Waals surface area (Å²) in [7, 11) is 0. The molecule has 2 aliphatic heterocycles. The number of aliphatic hydroxyl groups is 1. The molecule has 1 atom stereocenters. The Balaban J connectivity index is 1.65. The Labute approximate surface area is 206 Å². The summed E-state index contributed by atoms with van der Waals surface area (Å²) in [5, 5.41) is 9.83. The van der Waals surface area contributed by atoms with E-state index in [2.05, 4.69) is 0 Å². The molecule has 5 rings (SSSR count). The van der Waals surface area contributed by atoms with Crippen LogP contribution in [0, 0.1) is 5.82 Å². The van der Waals surface area contributed by atoms with Crippen molar-refractivity contribution in [1.82, 2.24) is 14.5 Å². The van der Waals surface area contributed by atoms with Crippen LogP contribution in [0.3, 0.4) is 0 Å².